The maximum absolute atomic E-state index is 13.0. The van der Waals surface area contributed by atoms with Gasteiger partial charge in [-0.15, -0.1) is 0 Å². The van der Waals surface area contributed by atoms with Crippen LogP contribution in [0.3, 0.4) is 0 Å². The number of nitrogens with one attached hydrogen (secondary N) is 1. The van der Waals surface area contributed by atoms with E-state index in [-0.39, 0.29) is 28.3 Å². The van der Waals surface area contributed by atoms with Crippen molar-refractivity contribution in [2.45, 2.75) is 13.0 Å². The molecule has 0 aromatic heterocycles. The predicted molar refractivity (Wildman–Crippen MR) is 111 cm³/mol. The molecular weight excluding hydrogens is 428 g/mol. The van der Waals surface area contributed by atoms with Crippen molar-refractivity contribution in [2.24, 2.45) is 0 Å². The number of hydrogen-bond acceptors (Lipinski definition) is 6. The molecule has 0 saturated carbocycles. The zero-order valence-electron chi connectivity index (χ0n) is 16.4. The van der Waals surface area contributed by atoms with E-state index < -0.39 is 29.9 Å². The van der Waals surface area contributed by atoms with Gasteiger partial charge in [-0.05, 0) is 43.3 Å². The molecule has 10 heteroatoms. The minimum absolute atomic E-state index is 0.0305. The number of rotatable bonds is 6. The van der Waals surface area contributed by atoms with E-state index in [2.05, 4.69) is 5.32 Å². The summed E-state index contributed by atoms with van der Waals surface area (Å²) in [6.45, 7) is 1.32. The molecule has 4 amide bonds. The summed E-state index contributed by atoms with van der Waals surface area (Å²) in [6.07, 6.45) is -0.0177. The molecule has 0 bridgehead atoms. The maximum Gasteiger partial charge on any atom is 0.344 e. The van der Waals surface area contributed by atoms with E-state index in [1.165, 1.54) is 56.5 Å². The second-order valence-corrected chi connectivity index (χ2v) is 6.85. The van der Waals surface area contributed by atoms with Crippen LogP contribution < -0.4 is 19.7 Å². The number of urea groups is 1. The molecule has 1 saturated heterocycles. The van der Waals surface area contributed by atoms with Crippen molar-refractivity contribution in [3.63, 3.8) is 0 Å². The van der Waals surface area contributed by atoms with Crippen LogP contribution in [0, 0.1) is 0 Å². The second-order valence-electron chi connectivity index (χ2n) is 6.41. The number of aliphatic carboxylic acids is 1. The van der Waals surface area contributed by atoms with Crippen LogP contribution in [0.5, 0.6) is 11.5 Å². The summed E-state index contributed by atoms with van der Waals surface area (Å²) < 4.78 is 10.7. The minimum Gasteiger partial charge on any atom is -0.493 e. The number of nitrogens with zero attached hydrogens (tertiary/aromatic N) is 1. The number of hydrogen-bond donors (Lipinski definition) is 2. The lowest BCUT2D eigenvalue weighted by molar-refractivity contribution is -0.144. The van der Waals surface area contributed by atoms with Crippen molar-refractivity contribution < 1.29 is 33.8 Å². The standard InChI is InChI=1S/C21H17ClN2O7/c1-11(20(27)28)31-17-12(4-3-5-16(17)30-2)10-15-18(25)23-21(29)24(19(15)26)14-8-6-13(22)7-9-14/h3-11H,1-2H3,(H,27,28)(H,23,25,29)/b15-10+/t11-/m0/s1. The monoisotopic (exact) mass is 444 g/mol. The molecule has 1 atom stereocenters. The Morgan fingerprint density at radius 2 is 1.84 bits per heavy atom. The molecule has 0 aliphatic carbocycles. The number of carboxylic acids is 1. The molecule has 1 fully saturated rings. The molecule has 2 aromatic carbocycles. The SMILES string of the molecule is COc1cccc(/C=C2\C(=O)NC(=O)N(c3ccc(Cl)cc3)C2=O)c1O[C@@H](C)C(=O)O. The molecule has 3 rings (SSSR count). The molecule has 0 spiro atoms. The maximum atomic E-state index is 13.0. The molecule has 1 aliphatic rings. The first kappa shape index (κ1) is 21.8. The van der Waals surface area contributed by atoms with Crippen LogP contribution in [0.4, 0.5) is 10.5 Å². The molecule has 0 unspecified atom stereocenters. The van der Waals surface area contributed by atoms with E-state index in [0.717, 1.165) is 4.90 Å². The summed E-state index contributed by atoms with van der Waals surface area (Å²) >= 11 is 5.86. The Hall–Kier alpha value is -3.85. The number of ether oxygens (including phenoxy) is 2. The average molecular weight is 445 g/mol. The smallest absolute Gasteiger partial charge is 0.344 e. The number of halogens is 1. The Balaban J connectivity index is 2.06. The molecule has 1 heterocycles. The van der Waals surface area contributed by atoms with Gasteiger partial charge in [0.05, 0.1) is 12.8 Å². The van der Waals surface area contributed by atoms with Crippen LogP contribution >= 0.6 is 11.6 Å². The Morgan fingerprint density at radius 1 is 1.16 bits per heavy atom. The number of barbiturate groups is 1. The summed E-state index contributed by atoms with van der Waals surface area (Å²) in [5, 5.41) is 11.7. The number of imide groups is 2. The van der Waals surface area contributed by atoms with Crippen LogP contribution in [0.2, 0.25) is 5.02 Å². The zero-order valence-corrected chi connectivity index (χ0v) is 17.2. The van der Waals surface area contributed by atoms with Gasteiger partial charge in [-0.25, -0.2) is 14.5 Å². The fraction of sp³-hybridized carbons (Fsp3) is 0.143. The van der Waals surface area contributed by atoms with Gasteiger partial charge < -0.3 is 14.6 Å². The number of carbonyl (C=O) groups is 4. The minimum atomic E-state index is -1.23. The van der Waals surface area contributed by atoms with E-state index >= 15 is 0 Å². The summed E-state index contributed by atoms with van der Waals surface area (Å²) in [6, 6.07) is 9.65. The first-order chi connectivity index (χ1) is 14.7. The predicted octanol–water partition coefficient (Wildman–Crippen LogP) is 2.87. The van der Waals surface area contributed by atoms with Gasteiger partial charge in [0.1, 0.15) is 5.57 Å². The van der Waals surface area contributed by atoms with Crippen molar-refractivity contribution in [2.75, 3.05) is 12.0 Å². The number of para-hydroxylation sites is 1. The van der Waals surface area contributed by atoms with Gasteiger partial charge in [0, 0.05) is 10.6 Å². The molecule has 1 aliphatic heterocycles. The number of methoxy groups -OCH3 is 1. The fourth-order valence-corrected chi connectivity index (χ4v) is 2.92. The molecular formula is C21H17ClN2O7. The Bertz CT molecular complexity index is 1100. The van der Waals surface area contributed by atoms with Crippen LogP contribution in [-0.4, -0.2) is 42.1 Å². The van der Waals surface area contributed by atoms with E-state index in [9.17, 15) is 19.2 Å². The van der Waals surface area contributed by atoms with Crippen molar-refractivity contribution >= 4 is 47.2 Å². The molecule has 160 valence electrons. The van der Waals surface area contributed by atoms with Gasteiger partial charge in [0.25, 0.3) is 11.8 Å². The highest BCUT2D eigenvalue weighted by Gasteiger charge is 2.37. The lowest BCUT2D eigenvalue weighted by Crippen LogP contribution is -2.54. The van der Waals surface area contributed by atoms with Crippen molar-refractivity contribution in [3.8, 4) is 11.5 Å². The third-order valence-electron chi connectivity index (χ3n) is 4.36. The van der Waals surface area contributed by atoms with E-state index in [1.54, 1.807) is 6.07 Å². The van der Waals surface area contributed by atoms with Crippen molar-refractivity contribution in [3.05, 3.63) is 58.6 Å². The molecule has 2 aromatic rings. The van der Waals surface area contributed by atoms with Crippen LogP contribution in [-0.2, 0) is 14.4 Å². The number of carboxylic acid groups (broad SMARTS) is 1. The number of benzene rings is 2. The van der Waals surface area contributed by atoms with Crippen LogP contribution in [0.1, 0.15) is 12.5 Å². The van der Waals surface area contributed by atoms with Gasteiger partial charge in [0.2, 0.25) is 0 Å². The van der Waals surface area contributed by atoms with Crippen LogP contribution in [0.15, 0.2) is 48.0 Å². The average Bonchev–Trinajstić information content (AvgIpc) is 2.73. The number of anilines is 1. The molecule has 9 nitrogen and oxygen atoms in total. The topological polar surface area (TPSA) is 122 Å². The summed E-state index contributed by atoms with van der Waals surface area (Å²) in [7, 11) is 1.37. The molecule has 0 radical (unpaired) electrons. The third-order valence-corrected chi connectivity index (χ3v) is 4.61. The first-order valence-electron chi connectivity index (χ1n) is 8.96. The van der Waals surface area contributed by atoms with E-state index in [4.69, 9.17) is 26.2 Å². The number of amides is 4. The van der Waals surface area contributed by atoms with Gasteiger partial charge in [0.15, 0.2) is 17.6 Å². The van der Waals surface area contributed by atoms with Crippen molar-refractivity contribution in [1.29, 1.82) is 0 Å². The summed E-state index contributed by atoms with van der Waals surface area (Å²) in [4.78, 5) is 49.7. The first-order valence-corrected chi connectivity index (χ1v) is 9.34. The summed E-state index contributed by atoms with van der Waals surface area (Å²) in [5.74, 6) is -2.74. The number of carbonyl (C=O) groups excluding carboxylic acids is 3. The lowest BCUT2D eigenvalue weighted by atomic mass is 10.1. The highest BCUT2D eigenvalue weighted by molar-refractivity contribution is 6.39. The summed E-state index contributed by atoms with van der Waals surface area (Å²) in [5.41, 5.74) is 0.0823. The largest absolute Gasteiger partial charge is 0.493 e. The second kappa shape index (κ2) is 8.88. The Labute approximate surface area is 181 Å². The molecule has 31 heavy (non-hydrogen) atoms. The van der Waals surface area contributed by atoms with Crippen molar-refractivity contribution in [1.82, 2.24) is 5.32 Å². The van der Waals surface area contributed by atoms with E-state index in [1.807, 2.05) is 0 Å². The zero-order chi connectivity index (χ0) is 22.7. The Morgan fingerprint density at radius 3 is 2.45 bits per heavy atom. The molecule has 2 N–H and O–H groups in total. The van der Waals surface area contributed by atoms with Gasteiger partial charge >= 0.3 is 12.0 Å². The van der Waals surface area contributed by atoms with Gasteiger partial charge in [-0.1, -0.05) is 23.7 Å². The highest BCUT2D eigenvalue weighted by Crippen LogP contribution is 2.34. The van der Waals surface area contributed by atoms with E-state index in [0.29, 0.717) is 5.02 Å². The lowest BCUT2D eigenvalue weighted by Gasteiger charge is -2.26. The quantitative estimate of drug-likeness (QED) is 0.518. The van der Waals surface area contributed by atoms with Crippen LogP contribution in [0.25, 0.3) is 6.08 Å². The third kappa shape index (κ3) is 4.51. The fourth-order valence-electron chi connectivity index (χ4n) is 2.80. The highest BCUT2D eigenvalue weighted by atomic mass is 35.5. The normalized spacial score (nSPS) is 16.2. The Kier molecular flexibility index (Phi) is 6.26. The van der Waals surface area contributed by atoms with Gasteiger partial charge in [-0.2, -0.15) is 0 Å². The van der Waals surface area contributed by atoms with Gasteiger partial charge in [-0.3, -0.25) is 14.9 Å².